The summed E-state index contributed by atoms with van der Waals surface area (Å²) in [6.45, 7) is 6.29. The summed E-state index contributed by atoms with van der Waals surface area (Å²) in [5.74, 6) is 2.05. The highest BCUT2D eigenvalue weighted by molar-refractivity contribution is 7.98. The molecule has 148 valence electrons. The highest BCUT2D eigenvalue weighted by atomic mass is 32.2. The van der Waals surface area contributed by atoms with Gasteiger partial charge in [0.2, 0.25) is 5.16 Å². The van der Waals surface area contributed by atoms with Gasteiger partial charge in [0.15, 0.2) is 5.82 Å². The molecule has 0 amide bonds. The lowest BCUT2D eigenvalue weighted by Gasteiger charge is -2.08. The van der Waals surface area contributed by atoms with Crippen LogP contribution in [0.15, 0.2) is 56.8 Å². The summed E-state index contributed by atoms with van der Waals surface area (Å²) < 4.78 is 11.2. The predicted octanol–water partition coefficient (Wildman–Crippen LogP) is 4.71. The van der Waals surface area contributed by atoms with Crippen LogP contribution in [-0.2, 0) is 12.4 Å². The molecule has 0 saturated heterocycles. The van der Waals surface area contributed by atoms with Gasteiger partial charge in [0, 0.05) is 17.2 Å². The molecule has 0 radical (unpaired) electrons. The van der Waals surface area contributed by atoms with Gasteiger partial charge in [0.1, 0.15) is 17.9 Å². The molecule has 2 aromatic heterocycles. The third kappa shape index (κ3) is 4.19. The maximum Gasteiger partial charge on any atom is 0.336 e. The molecule has 0 aliphatic heterocycles. The summed E-state index contributed by atoms with van der Waals surface area (Å²) >= 11 is 1.46. The van der Waals surface area contributed by atoms with Gasteiger partial charge < -0.3 is 9.15 Å². The van der Waals surface area contributed by atoms with Gasteiger partial charge in [0.05, 0.1) is 0 Å². The molecule has 0 aliphatic rings. The number of para-hydroxylation sites is 1. The summed E-state index contributed by atoms with van der Waals surface area (Å²) in [5.41, 5.74) is 4.37. The number of aromatic amines is 1. The van der Waals surface area contributed by atoms with Gasteiger partial charge in [-0.3, -0.25) is 5.10 Å². The number of H-pyrrole nitrogens is 1. The largest absolute Gasteiger partial charge is 0.485 e. The molecular weight excluding hydrogens is 386 g/mol. The minimum atomic E-state index is -0.343. The highest BCUT2D eigenvalue weighted by Crippen LogP contribution is 2.27. The van der Waals surface area contributed by atoms with E-state index in [0.717, 1.165) is 33.4 Å². The van der Waals surface area contributed by atoms with Gasteiger partial charge in [-0.1, -0.05) is 42.1 Å². The van der Waals surface area contributed by atoms with Crippen molar-refractivity contribution >= 4 is 22.7 Å². The number of aromatic nitrogens is 3. The highest BCUT2D eigenvalue weighted by Gasteiger charge is 2.12. The summed E-state index contributed by atoms with van der Waals surface area (Å²) in [7, 11) is 0. The zero-order chi connectivity index (χ0) is 20.4. The average molecular weight is 407 g/mol. The maximum absolute atomic E-state index is 12.0. The van der Waals surface area contributed by atoms with E-state index in [2.05, 4.69) is 15.2 Å². The molecule has 0 atom stereocenters. The van der Waals surface area contributed by atoms with E-state index in [1.165, 1.54) is 11.8 Å². The Labute approximate surface area is 172 Å². The first kappa shape index (κ1) is 19.3. The number of thioether (sulfide) groups is 1. The lowest BCUT2D eigenvalue weighted by atomic mass is 10.0. The normalized spacial score (nSPS) is 11.1. The van der Waals surface area contributed by atoms with Gasteiger partial charge in [0.25, 0.3) is 0 Å². The number of benzene rings is 2. The van der Waals surface area contributed by atoms with Crippen molar-refractivity contribution in [3.8, 4) is 5.75 Å². The second-order valence-corrected chi connectivity index (χ2v) is 7.82. The number of ether oxygens (including phenoxy) is 1. The molecule has 4 rings (SSSR count). The lowest BCUT2D eigenvalue weighted by Crippen LogP contribution is -2.01. The first-order chi connectivity index (χ1) is 14.0. The van der Waals surface area contributed by atoms with E-state index in [4.69, 9.17) is 9.15 Å². The first-order valence-corrected chi connectivity index (χ1v) is 10.3. The number of nitrogens with zero attached hydrogens (tertiary/aromatic N) is 2. The molecule has 6 nitrogen and oxygen atoms in total. The van der Waals surface area contributed by atoms with Crippen molar-refractivity contribution in [2.24, 2.45) is 0 Å². The molecule has 29 heavy (non-hydrogen) atoms. The van der Waals surface area contributed by atoms with Gasteiger partial charge in [-0.2, -0.15) is 0 Å². The summed E-state index contributed by atoms with van der Waals surface area (Å²) in [5, 5.41) is 8.71. The molecular formula is C22H21N3O3S. The van der Waals surface area contributed by atoms with Crippen molar-refractivity contribution in [3.05, 3.63) is 81.0 Å². The number of nitrogens with one attached hydrogen (secondary N) is 1. The van der Waals surface area contributed by atoms with E-state index < -0.39 is 0 Å². The van der Waals surface area contributed by atoms with Crippen molar-refractivity contribution in [2.45, 2.75) is 38.3 Å². The van der Waals surface area contributed by atoms with Crippen LogP contribution in [-0.4, -0.2) is 15.2 Å². The summed E-state index contributed by atoms with van der Waals surface area (Å²) in [4.78, 5) is 16.5. The van der Waals surface area contributed by atoms with E-state index in [-0.39, 0.29) is 5.63 Å². The third-order valence-corrected chi connectivity index (χ3v) is 5.74. The Hall–Kier alpha value is -3.06. The zero-order valence-electron chi connectivity index (χ0n) is 16.5. The lowest BCUT2D eigenvalue weighted by molar-refractivity contribution is 0.294. The van der Waals surface area contributed by atoms with Crippen molar-refractivity contribution in [3.63, 3.8) is 0 Å². The van der Waals surface area contributed by atoms with Crippen molar-refractivity contribution in [2.75, 3.05) is 0 Å². The standard InChI is InChI=1S/C22H21N3O3S/c1-13-8-9-17-16(10-20(26)28-21(17)15(13)3)12-29-22-23-19(24-25-22)11-27-18-7-5-4-6-14(18)2/h4-10H,11-12H2,1-3H3,(H,23,24,25). The van der Waals surface area contributed by atoms with Crippen LogP contribution in [0.1, 0.15) is 28.1 Å². The van der Waals surface area contributed by atoms with Crippen molar-refractivity contribution in [1.82, 2.24) is 15.2 Å². The number of aryl methyl sites for hydroxylation is 3. The molecule has 0 aliphatic carbocycles. The molecule has 0 unspecified atom stereocenters. The van der Waals surface area contributed by atoms with Crippen LogP contribution in [0.2, 0.25) is 0 Å². The Balaban J connectivity index is 1.47. The van der Waals surface area contributed by atoms with E-state index >= 15 is 0 Å². The molecule has 0 bridgehead atoms. The average Bonchev–Trinajstić information content (AvgIpc) is 3.16. The molecule has 2 heterocycles. The monoisotopic (exact) mass is 407 g/mol. The van der Waals surface area contributed by atoms with Crippen LogP contribution in [0.4, 0.5) is 0 Å². The van der Waals surface area contributed by atoms with Crippen molar-refractivity contribution < 1.29 is 9.15 Å². The Morgan fingerprint density at radius 3 is 2.76 bits per heavy atom. The molecule has 2 aromatic carbocycles. The zero-order valence-corrected chi connectivity index (χ0v) is 17.3. The molecule has 0 spiro atoms. The molecule has 7 heteroatoms. The molecule has 0 saturated carbocycles. The number of fused-ring (bicyclic) bond motifs is 1. The van der Waals surface area contributed by atoms with E-state index in [1.54, 1.807) is 6.07 Å². The Morgan fingerprint density at radius 2 is 1.93 bits per heavy atom. The molecule has 4 aromatic rings. The van der Waals surface area contributed by atoms with Gasteiger partial charge >= 0.3 is 5.63 Å². The Kier molecular flexibility index (Phi) is 5.40. The minimum absolute atomic E-state index is 0.314. The smallest absolute Gasteiger partial charge is 0.336 e. The number of hydrogen-bond acceptors (Lipinski definition) is 6. The molecule has 1 N–H and O–H groups in total. The van der Waals surface area contributed by atoms with Crippen molar-refractivity contribution in [1.29, 1.82) is 0 Å². The van der Waals surface area contributed by atoms with Crippen LogP contribution in [0.5, 0.6) is 5.75 Å². The van der Waals surface area contributed by atoms with Crippen LogP contribution in [0.25, 0.3) is 11.0 Å². The van der Waals surface area contributed by atoms with Crippen LogP contribution in [0, 0.1) is 20.8 Å². The van der Waals surface area contributed by atoms with E-state index in [0.29, 0.717) is 28.9 Å². The van der Waals surface area contributed by atoms with Gasteiger partial charge in [-0.25, -0.2) is 9.78 Å². The molecule has 0 fully saturated rings. The van der Waals surface area contributed by atoms with Crippen LogP contribution >= 0.6 is 11.8 Å². The fraction of sp³-hybridized carbons (Fsp3) is 0.227. The number of hydrogen-bond donors (Lipinski definition) is 1. The first-order valence-electron chi connectivity index (χ1n) is 9.26. The second kappa shape index (κ2) is 8.13. The Morgan fingerprint density at radius 1 is 1.10 bits per heavy atom. The second-order valence-electron chi connectivity index (χ2n) is 6.88. The fourth-order valence-electron chi connectivity index (χ4n) is 3.06. The van der Waals surface area contributed by atoms with Crippen LogP contribution in [0.3, 0.4) is 0 Å². The fourth-order valence-corrected chi connectivity index (χ4v) is 3.87. The Bertz CT molecular complexity index is 1230. The SMILES string of the molecule is Cc1ccccc1OCc1nc(SCc2cc(=O)oc3c(C)c(C)ccc23)n[nH]1. The quantitative estimate of drug-likeness (QED) is 0.368. The van der Waals surface area contributed by atoms with Gasteiger partial charge in [-0.05, 0) is 49.1 Å². The van der Waals surface area contributed by atoms with Crippen LogP contribution < -0.4 is 10.4 Å². The maximum atomic E-state index is 12.0. The predicted molar refractivity (Wildman–Crippen MR) is 113 cm³/mol. The van der Waals surface area contributed by atoms with E-state index in [9.17, 15) is 4.79 Å². The topological polar surface area (TPSA) is 81.0 Å². The summed E-state index contributed by atoms with van der Waals surface area (Å²) in [6.07, 6.45) is 0. The summed E-state index contributed by atoms with van der Waals surface area (Å²) in [6, 6.07) is 13.4. The van der Waals surface area contributed by atoms with E-state index in [1.807, 2.05) is 57.2 Å². The van der Waals surface area contributed by atoms with Gasteiger partial charge in [-0.15, -0.1) is 5.10 Å². The third-order valence-electron chi connectivity index (χ3n) is 4.84. The number of rotatable bonds is 6. The minimum Gasteiger partial charge on any atom is -0.485 e.